The van der Waals surface area contributed by atoms with Crippen molar-refractivity contribution in [2.45, 2.75) is 38.6 Å². The van der Waals surface area contributed by atoms with Gasteiger partial charge < -0.3 is 4.90 Å². The van der Waals surface area contributed by atoms with E-state index in [4.69, 9.17) is 16.6 Å². The van der Waals surface area contributed by atoms with E-state index < -0.39 is 0 Å². The highest BCUT2D eigenvalue weighted by Gasteiger charge is 2.30. The third-order valence-corrected chi connectivity index (χ3v) is 5.22. The van der Waals surface area contributed by atoms with E-state index in [0.29, 0.717) is 17.1 Å². The summed E-state index contributed by atoms with van der Waals surface area (Å²) >= 11 is 8.29. The fourth-order valence-corrected chi connectivity index (χ4v) is 3.52. The van der Waals surface area contributed by atoms with Crippen LogP contribution in [-0.2, 0) is 0 Å². The highest BCUT2D eigenvalue weighted by molar-refractivity contribution is 7.99. The average Bonchev–Trinajstić information content (AvgIpc) is 3.18. The maximum Gasteiger partial charge on any atom is 0.137 e. The Morgan fingerprint density at radius 1 is 1.33 bits per heavy atom. The van der Waals surface area contributed by atoms with Gasteiger partial charge in [0.1, 0.15) is 16.8 Å². The van der Waals surface area contributed by atoms with Crippen molar-refractivity contribution in [3.05, 3.63) is 16.5 Å². The highest BCUT2D eigenvalue weighted by Crippen LogP contribution is 2.40. The van der Waals surface area contributed by atoms with Crippen LogP contribution in [0.15, 0.2) is 0 Å². The molecule has 0 bridgehead atoms. The van der Waals surface area contributed by atoms with Crippen molar-refractivity contribution in [3.63, 3.8) is 0 Å². The van der Waals surface area contributed by atoms with E-state index >= 15 is 0 Å². The van der Waals surface area contributed by atoms with E-state index in [-0.39, 0.29) is 0 Å². The van der Waals surface area contributed by atoms with E-state index in [2.05, 4.69) is 16.8 Å². The molecule has 0 radical (unpaired) electrons. The second-order valence-electron chi connectivity index (χ2n) is 5.21. The molecule has 1 aromatic rings. The topological polar surface area (TPSA) is 29.0 Å². The van der Waals surface area contributed by atoms with Gasteiger partial charge in [-0.15, -0.1) is 0 Å². The summed E-state index contributed by atoms with van der Waals surface area (Å²) in [4.78, 5) is 11.6. The van der Waals surface area contributed by atoms with E-state index in [9.17, 15) is 0 Å². The Morgan fingerprint density at radius 2 is 2.11 bits per heavy atom. The molecule has 2 fully saturated rings. The number of halogens is 1. The molecule has 3 nitrogen and oxygen atoms in total. The van der Waals surface area contributed by atoms with Crippen LogP contribution in [0, 0.1) is 6.92 Å². The van der Waals surface area contributed by atoms with Crippen LogP contribution in [-0.4, -0.2) is 34.1 Å². The van der Waals surface area contributed by atoms with Crippen LogP contribution in [0.2, 0.25) is 5.15 Å². The number of hydrogen-bond acceptors (Lipinski definition) is 4. The number of anilines is 1. The quantitative estimate of drug-likeness (QED) is 0.779. The Morgan fingerprint density at radius 3 is 2.78 bits per heavy atom. The second kappa shape index (κ2) is 4.89. The Balaban J connectivity index is 1.98. The van der Waals surface area contributed by atoms with E-state index in [1.807, 2.05) is 18.7 Å². The normalized spacial score (nSPS) is 24.4. The Kier molecular flexibility index (Phi) is 3.41. The molecule has 1 aromatic heterocycles. The van der Waals surface area contributed by atoms with Crippen LogP contribution in [0.3, 0.4) is 0 Å². The van der Waals surface area contributed by atoms with Gasteiger partial charge in [-0.05, 0) is 26.7 Å². The first-order valence-corrected chi connectivity index (χ1v) is 8.08. The number of thioether (sulfide) groups is 1. The SMILES string of the molecule is Cc1c(Cl)nc(C2CC2)nc1N1CCSCC1C. The zero-order valence-electron chi connectivity index (χ0n) is 10.8. The largest absolute Gasteiger partial charge is 0.352 e. The Bertz CT molecular complexity index is 462. The van der Waals surface area contributed by atoms with Crippen molar-refractivity contribution in [1.82, 2.24) is 9.97 Å². The minimum Gasteiger partial charge on any atom is -0.352 e. The molecule has 18 heavy (non-hydrogen) atoms. The van der Waals surface area contributed by atoms with E-state index in [1.54, 1.807) is 0 Å². The van der Waals surface area contributed by atoms with Crippen LogP contribution in [0.1, 0.15) is 37.1 Å². The first-order valence-electron chi connectivity index (χ1n) is 6.55. The maximum absolute atomic E-state index is 6.27. The minimum absolute atomic E-state index is 0.528. The number of hydrogen-bond donors (Lipinski definition) is 0. The minimum atomic E-state index is 0.528. The molecule has 1 aliphatic heterocycles. The molecule has 1 atom stereocenters. The lowest BCUT2D eigenvalue weighted by molar-refractivity contribution is 0.681. The summed E-state index contributed by atoms with van der Waals surface area (Å²) in [6.45, 7) is 5.35. The monoisotopic (exact) mass is 283 g/mol. The van der Waals surface area contributed by atoms with Crippen LogP contribution in [0.25, 0.3) is 0 Å². The van der Waals surface area contributed by atoms with Crippen LogP contribution >= 0.6 is 23.4 Å². The lowest BCUT2D eigenvalue weighted by atomic mass is 10.2. The zero-order valence-corrected chi connectivity index (χ0v) is 12.4. The number of nitrogens with zero attached hydrogens (tertiary/aromatic N) is 3. The molecule has 3 rings (SSSR count). The van der Waals surface area contributed by atoms with Gasteiger partial charge in [-0.2, -0.15) is 11.8 Å². The Hall–Kier alpha value is -0.480. The molecule has 1 unspecified atom stereocenters. The van der Waals surface area contributed by atoms with Crippen LogP contribution in [0.5, 0.6) is 0 Å². The molecular formula is C13H18ClN3S. The van der Waals surface area contributed by atoms with E-state index in [1.165, 1.54) is 24.3 Å². The summed E-state index contributed by atoms with van der Waals surface area (Å²) in [5.41, 5.74) is 1.03. The molecule has 1 saturated carbocycles. The summed E-state index contributed by atoms with van der Waals surface area (Å²) in [6.07, 6.45) is 2.43. The fourth-order valence-electron chi connectivity index (χ4n) is 2.34. The van der Waals surface area contributed by atoms with Crippen LogP contribution < -0.4 is 4.90 Å². The van der Waals surface area contributed by atoms with Gasteiger partial charge in [-0.1, -0.05) is 11.6 Å². The van der Waals surface area contributed by atoms with Gasteiger partial charge in [0.25, 0.3) is 0 Å². The molecular weight excluding hydrogens is 266 g/mol. The number of aromatic nitrogens is 2. The molecule has 2 aliphatic rings. The summed E-state index contributed by atoms with van der Waals surface area (Å²) < 4.78 is 0. The maximum atomic E-state index is 6.27. The lowest BCUT2D eigenvalue weighted by Crippen LogP contribution is -2.41. The summed E-state index contributed by atoms with van der Waals surface area (Å²) in [5, 5.41) is 0.632. The highest BCUT2D eigenvalue weighted by atomic mass is 35.5. The predicted molar refractivity (Wildman–Crippen MR) is 77.9 cm³/mol. The summed E-state index contributed by atoms with van der Waals surface area (Å²) in [6, 6.07) is 0.528. The molecule has 0 spiro atoms. The van der Waals surface area contributed by atoms with Crippen molar-refractivity contribution in [1.29, 1.82) is 0 Å². The van der Waals surface area contributed by atoms with Gasteiger partial charge in [0.05, 0.1) is 0 Å². The first-order chi connectivity index (χ1) is 8.66. The van der Waals surface area contributed by atoms with Gasteiger partial charge in [0.15, 0.2) is 0 Å². The smallest absolute Gasteiger partial charge is 0.137 e. The van der Waals surface area contributed by atoms with Crippen molar-refractivity contribution in [3.8, 4) is 0 Å². The van der Waals surface area contributed by atoms with Crippen LogP contribution in [0.4, 0.5) is 5.82 Å². The lowest BCUT2D eigenvalue weighted by Gasteiger charge is -2.35. The summed E-state index contributed by atoms with van der Waals surface area (Å²) in [7, 11) is 0. The molecule has 1 aliphatic carbocycles. The average molecular weight is 284 g/mol. The first kappa shape index (κ1) is 12.5. The molecule has 98 valence electrons. The standard InChI is InChI=1S/C13H18ClN3S/c1-8-7-18-6-5-17(8)13-9(2)11(14)15-12(16-13)10-3-4-10/h8,10H,3-7H2,1-2H3. The molecule has 0 aromatic carbocycles. The van der Waals surface area contributed by atoms with Gasteiger partial charge in [0, 0.05) is 35.6 Å². The van der Waals surface area contributed by atoms with Crippen molar-refractivity contribution in [2.75, 3.05) is 23.0 Å². The van der Waals surface area contributed by atoms with Gasteiger partial charge in [-0.25, -0.2) is 9.97 Å². The second-order valence-corrected chi connectivity index (χ2v) is 6.72. The van der Waals surface area contributed by atoms with Crippen molar-refractivity contribution in [2.24, 2.45) is 0 Å². The van der Waals surface area contributed by atoms with Crippen molar-refractivity contribution >= 4 is 29.2 Å². The van der Waals surface area contributed by atoms with Gasteiger partial charge in [-0.3, -0.25) is 0 Å². The van der Waals surface area contributed by atoms with Crippen molar-refractivity contribution < 1.29 is 0 Å². The fraction of sp³-hybridized carbons (Fsp3) is 0.692. The molecule has 0 N–H and O–H groups in total. The zero-order chi connectivity index (χ0) is 12.7. The molecule has 0 amide bonds. The molecule has 5 heteroatoms. The Labute approximate surface area is 117 Å². The summed E-state index contributed by atoms with van der Waals surface area (Å²) in [5.74, 6) is 4.90. The molecule has 1 saturated heterocycles. The van der Waals surface area contributed by atoms with Gasteiger partial charge >= 0.3 is 0 Å². The third kappa shape index (κ3) is 2.32. The third-order valence-electron chi connectivity index (χ3n) is 3.66. The van der Waals surface area contributed by atoms with Gasteiger partial charge in [0.2, 0.25) is 0 Å². The molecule has 2 heterocycles. The van der Waals surface area contributed by atoms with E-state index in [0.717, 1.165) is 23.8 Å². The predicted octanol–water partition coefficient (Wildman–Crippen LogP) is 3.26. The number of rotatable bonds is 2.